The number of carbonyl (C=O) groups excluding carboxylic acids is 2. The molecular weight excluding hydrogens is 432 g/mol. The summed E-state index contributed by atoms with van der Waals surface area (Å²) in [6.45, 7) is 7.25. The van der Waals surface area contributed by atoms with Gasteiger partial charge in [0.05, 0.1) is 31.1 Å². The Kier molecular flexibility index (Phi) is 6.17. The van der Waals surface area contributed by atoms with E-state index in [0.29, 0.717) is 48.7 Å². The molecule has 0 radical (unpaired) electrons. The van der Waals surface area contributed by atoms with Crippen molar-refractivity contribution in [3.63, 3.8) is 0 Å². The number of nitrogens with zero attached hydrogens (tertiary/aromatic N) is 3. The lowest BCUT2D eigenvalue weighted by Crippen LogP contribution is -2.63. The second-order valence-electron chi connectivity index (χ2n) is 10.8. The van der Waals surface area contributed by atoms with Crippen LogP contribution in [-0.2, 0) is 9.53 Å². The monoisotopic (exact) mass is 468 g/mol. The number of piperidine rings is 2. The lowest BCUT2D eigenvalue weighted by Gasteiger charge is -2.45. The molecular formula is C25H36N6O3. The smallest absolute Gasteiger partial charge is 0.270 e. The van der Waals surface area contributed by atoms with E-state index in [0.717, 1.165) is 57.8 Å². The lowest BCUT2D eigenvalue weighted by molar-refractivity contribution is -0.130. The number of rotatable bonds is 6. The van der Waals surface area contributed by atoms with Crippen molar-refractivity contribution >= 4 is 17.5 Å². The van der Waals surface area contributed by atoms with Crippen LogP contribution >= 0.6 is 0 Å². The number of pyridine rings is 1. The van der Waals surface area contributed by atoms with Crippen molar-refractivity contribution in [1.82, 2.24) is 25.8 Å². The Labute approximate surface area is 201 Å². The second kappa shape index (κ2) is 9.43. The minimum absolute atomic E-state index is 0.112. The number of aromatic nitrogens is 1. The summed E-state index contributed by atoms with van der Waals surface area (Å²) in [6, 6.07) is 4.67. The van der Waals surface area contributed by atoms with Gasteiger partial charge in [0.2, 0.25) is 5.91 Å². The molecule has 1 aromatic heterocycles. The number of carbonyl (C=O) groups is 2. The zero-order valence-corrected chi connectivity index (χ0v) is 19.7. The van der Waals surface area contributed by atoms with Crippen LogP contribution < -0.4 is 20.9 Å². The van der Waals surface area contributed by atoms with E-state index in [1.807, 2.05) is 18.3 Å². The highest BCUT2D eigenvalue weighted by Crippen LogP contribution is 2.41. The van der Waals surface area contributed by atoms with Gasteiger partial charge in [-0.1, -0.05) is 0 Å². The van der Waals surface area contributed by atoms with Crippen LogP contribution in [0.3, 0.4) is 0 Å². The zero-order chi connectivity index (χ0) is 23.1. The van der Waals surface area contributed by atoms with Gasteiger partial charge in [-0.15, -0.1) is 0 Å². The molecule has 1 aliphatic carbocycles. The first kappa shape index (κ1) is 22.2. The van der Waals surface area contributed by atoms with E-state index in [4.69, 9.17) is 4.74 Å². The van der Waals surface area contributed by atoms with Crippen molar-refractivity contribution in [3.05, 3.63) is 24.0 Å². The summed E-state index contributed by atoms with van der Waals surface area (Å²) in [5.41, 5.74) is 1.52. The minimum Gasteiger partial charge on any atom is -0.377 e. The standard InChI is InChI=1S/C25H36N6O3/c32-24-20(17-1-2-17)10-22-23(29-24)9-16(11-26-22)13-30-5-7-31(8-6-30)19-3-4-21(27-12-19)25(33)28-18-14-34-15-18/h3-4,12,16-18,20,22-23,26H,1-2,5-11,13-15H2,(H,28,33)(H,29,32). The minimum atomic E-state index is -0.134. The Bertz CT molecular complexity index is 894. The van der Waals surface area contributed by atoms with Gasteiger partial charge in [0.25, 0.3) is 5.91 Å². The van der Waals surface area contributed by atoms with Gasteiger partial charge in [-0.25, -0.2) is 4.98 Å². The maximum absolute atomic E-state index is 12.5. The fourth-order valence-electron chi connectivity index (χ4n) is 6.03. The average molecular weight is 469 g/mol. The highest BCUT2D eigenvalue weighted by molar-refractivity contribution is 5.92. The van der Waals surface area contributed by atoms with Gasteiger partial charge in [-0.2, -0.15) is 0 Å². The van der Waals surface area contributed by atoms with E-state index in [-0.39, 0.29) is 17.9 Å². The molecule has 4 unspecified atom stereocenters. The average Bonchev–Trinajstić information content (AvgIpc) is 3.67. The van der Waals surface area contributed by atoms with Gasteiger partial charge >= 0.3 is 0 Å². The van der Waals surface area contributed by atoms with Gasteiger partial charge in [-0.05, 0) is 56.2 Å². The van der Waals surface area contributed by atoms with Crippen LogP contribution in [0.5, 0.6) is 0 Å². The summed E-state index contributed by atoms with van der Waals surface area (Å²) in [7, 11) is 0. The molecule has 34 heavy (non-hydrogen) atoms. The van der Waals surface area contributed by atoms with Crippen molar-refractivity contribution in [2.24, 2.45) is 17.8 Å². The fourth-order valence-corrected chi connectivity index (χ4v) is 6.03. The summed E-state index contributed by atoms with van der Waals surface area (Å²) in [4.78, 5) is 34.1. The van der Waals surface area contributed by atoms with Gasteiger partial charge in [-0.3, -0.25) is 14.5 Å². The van der Waals surface area contributed by atoms with E-state index in [1.165, 1.54) is 12.8 Å². The molecule has 5 aliphatic rings. The van der Waals surface area contributed by atoms with Crippen molar-refractivity contribution in [2.45, 2.75) is 43.8 Å². The molecule has 5 heterocycles. The summed E-state index contributed by atoms with van der Waals surface area (Å²) < 4.78 is 5.10. The number of hydrogen-bond donors (Lipinski definition) is 3. The third-order valence-electron chi connectivity index (χ3n) is 8.31. The molecule has 0 bridgehead atoms. The number of nitrogens with one attached hydrogen (secondary N) is 3. The molecule has 0 aromatic carbocycles. The number of amides is 2. The summed E-state index contributed by atoms with van der Waals surface area (Å²) in [6.07, 6.45) is 6.39. The first-order valence-corrected chi connectivity index (χ1v) is 13.0. The lowest BCUT2D eigenvalue weighted by atomic mass is 9.80. The summed E-state index contributed by atoms with van der Waals surface area (Å²) in [5.74, 6) is 1.63. The molecule has 9 nitrogen and oxygen atoms in total. The Morgan fingerprint density at radius 2 is 1.94 bits per heavy atom. The van der Waals surface area contributed by atoms with Crippen molar-refractivity contribution in [1.29, 1.82) is 0 Å². The predicted molar refractivity (Wildman–Crippen MR) is 128 cm³/mol. The van der Waals surface area contributed by atoms with E-state index < -0.39 is 0 Å². The molecule has 9 heteroatoms. The van der Waals surface area contributed by atoms with Crippen LogP contribution in [0.4, 0.5) is 5.69 Å². The van der Waals surface area contributed by atoms with Crippen LogP contribution in [0.1, 0.15) is 36.2 Å². The van der Waals surface area contributed by atoms with Crippen LogP contribution in [0.25, 0.3) is 0 Å². The van der Waals surface area contributed by atoms with Crippen molar-refractivity contribution in [2.75, 3.05) is 57.4 Å². The van der Waals surface area contributed by atoms with Crippen LogP contribution in [0.15, 0.2) is 18.3 Å². The van der Waals surface area contributed by atoms with E-state index in [1.54, 1.807) is 0 Å². The highest BCUT2D eigenvalue weighted by atomic mass is 16.5. The van der Waals surface area contributed by atoms with E-state index in [9.17, 15) is 9.59 Å². The van der Waals surface area contributed by atoms with Crippen molar-refractivity contribution in [3.8, 4) is 0 Å². The molecule has 1 saturated carbocycles. The Hall–Kier alpha value is -2.23. The zero-order valence-electron chi connectivity index (χ0n) is 19.7. The molecule has 4 atom stereocenters. The number of piperazine rings is 1. The molecule has 184 valence electrons. The van der Waals surface area contributed by atoms with E-state index >= 15 is 0 Å². The molecule has 6 rings (SSSR count). The van der Waals surface area contributed by atoms with Crippen LogP contribution in [0, 0.1) is 17.8 Å². The number of ether oxygens (including phenoxy) is 1. The highest BCUT2D eigenvalue weighted by Gasteiger charge is 2.45. The molecule has 0 spiro atoms. The maximum Gasteiger partial charge on any atom is 0.270 e. The summed E-state index contributed by atoms with van der Waals surface area (Å²) in [5, 5.41) is 10.0. The second-order valence-corrected chi connectivity index (χ2v) is 10.8. The molecule has 1 aromatic rings. The summed E-state index contributed by atoms with van der Waals surface area (Å²) >= 11 is 0. The van der Waals surface area contributed by atoms with E-state index in [2.05, 4.69) is 30.7 Å². The Balaban J connectivity index is 0.956. The number of hydrogen-bond acceptors (Lipinski definition) is 7. The van der Waals surface area contributed by atoms with Crippen LogP contribution in [0.2, 0.25) is 0 Å². The van der Waals surface area contributed by atoms with Gasteiger partial charge in [0.15, 0.2) is 0 Å². The molecule has 4 aliphatic heterocycles. The van der Waals surface area contributed by atoms with Crippen LogP contribution in [-0.4, -0.2) is 92.3 Å². The topological polar surface area (TPSA) is 98.8 Å². The normalized spacial score (nSPS) is 32.5. The fraction of sp³-hybridized carbons (Fsp3) is 0.720. The quantitative estimate of drug-likeness (QED) is 0.550. The largest absolute Gasteiger partial charge is 0.377 e. The number of anilines is 1. The first-order valence-electron chi connectivity index (χ1n) is 13.0. The molecule has 5 fully saturated rings. The first-order chi connectivity index (χ1) is 16.6. The molecule has 2 amide bonds. The van der Waals surface area contributed by atoms with Gasteiger partial charge in [0.1, 0.15) is 5.69 Å². The van der Waals surface area contributed by atoms with Gasteiger partial charge in [0, 0.05) is 50.7 Å². The van der Waals surface area contributed by atoms with Gasteiger partial charge < -0.3 is 25.6 Å². The number of fused-ring (bicyclic) bond motifs is 1. The Morgan fingerprint density at radius 1 is 1.12 bits per heavy atom. The Morgan fingerprint density at radius 3 is 2.62 bits per heavy atom. The predicted octanol–water partition coefficient (Wildman–Crippen LogP) is 0.225. The maximum atomic E-state index is 12.5. The third kappa shape index (κ3) is 4.78. The molecule has 3 N–H and O–H groups in total. The SMILES string of the molecule is O=C(NC1COC1)c1ccc(N2CCN(CC3CNC4CC(C5CC5)C(=O)NC4C3)CC2)cn1. The third-order valence-corrected chi connectivity index (χ3v) is 8.31. The van der Waals surface area contributed by atoms with Crippen molar-refractivity contribution < 1.29 is 14.3 Å². The molecule has 4 saturated heterocycles.